The topological polar surface area (TPSA) is 74.3 Å². The predicted octanol–water partition coefficient (Wildman–Crippen LogP) is 3.65. The van der Waals surface area contributed by atoms with E-state index in [0.29, 0.717) is 25.3 Å². The molecule has 0 spiro atoms. The average molecular weight is 445 g/mol. The maximum atomic E-state index is 12.9. The van der Waals surface area contributed by atoms with E-state index in [-0.39, 0.29) is 17.6 Å². The molecule has 32 heavy (non-hydrogen) atoms. The number of carbonyl (C=O) groups excluding carboxylic acids is 2. The van der Waals surface area contributed by atoms with Crippen molar-refractivity contribution in [2.75, 3.05) is 14.1 Å². The average Bonchev–Trinajstić information content (AvgIpc) is 2.76. The van der Waals surface area contributed by atoms with Gasteiger partial charge in [0.2, 0.25) is 5.91 Å². The van der Waals surface area contributed by atoms with Crippen molar-refractivity contribution < 1.29 is 18.4 Å². The number of pyridine rings is 1. The minimum absolute atomic E-state index is 0.0290. The standard InChI is InChI=1S/C24H30F2N4O2/c1-16(30(2)3)12-13-21(31)29-24(17-8-5-4-6-9-17)14-18(15-24)27-23(32)20-11-7-10-19(28-20)22(25)26/h4-11,16,18,22H,12-15H2,1-3H3,(H,27,32)(H,29,31). The van der Waals surface area contributed by atoms with Crippen LogP contribution in [-0.2, 0) is 10.3 Å². The molecule has 2 amide bonds. The molecule has 2 N–H and O–H groups in total. The molecular weight excluding hydrogens is 414 g/mol. The van der Waals surface area contributed by atoms with Crippen LogP contribution in [0.1, 0.15) is 60.8 Å². The number of alkyl halides is 2. The summed E-state index contributed by atoms with van der Waals surface area (Å²) in [6, 6.07) is 13.8. The molecule has 1 fully saturated rings. The number of nitrogens with zero attached hydrogens (tertiary/aromatic N) is 2. The van der Waals surface area contributed by atoms with Crippen molar-refractivity contribution in [3.05, 3.63) is 65.5 Å². The van der Waals surface area contributed by atoms with Crippen molar-refractivity contribution in [2.24, 2.45) is 0 Å². The summed E-state index contributed by atoms with van der Waals surface area (Å²) >= 11 is 0. The monoisotopic (exact) mass is 444 g/mol. The number of amides is 2. The maximum Gasteiger partial charge on any atom is 0.280 e. The fourth-order valence-corrected chi connectivity index (χ4v) is 3.94. The molecule has 1 aromatic carbocycles. The Labute approximate surface area is 187 Å². The summed E-state index contributed by atoms with van der Waals surface area (Å²) in [5.41, 5.74) is -0.0428. The van der Waals surface area contributed by atoms with Crippen molar-refractivity contribution in [1.29, 1.82) is 0 Å². The quantitative estimate of drug-likeness (QED) is 0.619. The highest BCUT2D eigenvalue weighted by molar-refractivity contribution is 5.92. The van der Waals surface area contributed by atoms with E-state index in [0.717, 1.165) is 12.0 Å². The Morgan fingerprint density at radius 3 is 2.44 bits per heavy atom. The Hall–Kier alpha value is -2.87. The zero-order valence-electron chi connectivity index (χ0n) is 18.6. The van der Waals surface area contributed by atoms with Gasteiger partial charge in [-0.3, -0.25) is 9.59 Å². The summed E-state index contributed by atoms with van der Waals surface area (Å²) in [6.07, 6.45) is -0.535. The van der Waals surface area contributed by atoms with Crippen LogP contribution in [0.3, 0.4) is 0 Å². The lowest BCUT2D eigenvalue weighted by Crippen LogP contribution is -2.61. The summed E-state index contributed by atoms with van der Waals surface area (Å²) in [5, 5.41) is 6.04. The largest absolute Gasteiger partial charge is 0.348 e. The molecule has 3 rings (SSSR count). The van der Waals surface area contributed by atoms with Gasteiger partial charge < -0.3 is 15.5 Å². The van der Waals surface area contributed by atoms with Crippen LogP contribution in [0.25, 0.3) is 0 Å². The first-order valence-corrected chi connectivity index (χ1v) is 10.8. The van der Waals surface area contributed by atoms with Gasteiger partial charge in [-0.2, -0.15) is 0 Å². The van der Waals surface area contributed by atoms with E-state index in [4.69, 9.17) is 0 Å². The Morgan fingerprint density at radius 1 is 1.12 bits per heavy atom. The number of nitrogens with one attached hydrogen (secondary N) is 2. The Balaban J connectivity index is 1.65. The van der Waals surface area contributed by atoms with Gasteiger partial charge in [-0.1, -0.05) is 36.4 Å². The predicted molar refractivity (Wildman–Crippen MR) is 118 cm³/mol. The minimum atomic E-state index is -2.73. The van der Waals surface area contributed by atoms with Crippen molar-refractivity contribution in [3.63, 3.8) is 0 Å². The SMILES string of the molecule is CC(CCC(=O)NC1(c2ccccc2)CC(NC(=O)c2cccc(C(F)F)n2)C1)N(C)C. The highest BCUT2D eigenvalue weighted by atomic mass is 19.3. The van der Waals surface area contributed by atoms with Gasteiger partial charge in [0.15, 0.2) is 0 Å². The van der Waals surface area contributed by atoms with E-state index >= 15 is 0 Å². The molecule has 2 aromatic rings. The van der Waals surface area contributed by atoms with E-state index < -0.39 is 23.6 Å². The summed E-state index contributed by atoms with van der Waals surface area (Å²) in [6.45, 7) is 2.08. The van der Waals surface area contributed by atoms with Crippen LogP contribution in [0.2, 0.25) is 0 Å². The highest BCUT2D eigenvalue weighted by Gasteiger charge is 2.47. The van der Waals surface area contributed by atoms with E-state index in [1.165, 1.54) is 18.2 Å². The van der Waals surface area contributed by atoms with Crippen molar-refractivity contribution in [1.82, 2.24) is 20.5 Å². The van der Waals surface area contributed by atoms with E-state index in [1.807, 2.05) is 44.4 Å². The fourth-order valence-electron chi connectivity index (χ4n) is 3.94. The Bertz CT molecular complexity index is 931. The first-order valence-electron chi connectivity index (χ1n) is 10.8. The first-order chi connectivity index (χ1) is 15.2. The van der Waals surface area contributed by atoms with Gasteiger partial charge in [-0.15, -0.1) is 0 Å². The van der Waals surface area contributed by atoms with Crippen molar-refractivity contribution in [2.45, 2.75) is 56.7 Å². The Morgan fingerprint density at radius 2 is 1.81 bits per heavy atom. The van der Waals surface area contributed by atoms with Crippen LogP contribution >= 0.6 is 0 Å². The first kappa shape index (κ1) is 23.8. The molecule has 1 unspecified atom stereocenters. The maximum absolute atomic E-state index is 12.9. The molecule has 1 aromatic heterocycles. The number of benzene rings is 1. The molecule has 0 aliphatic heterocycles. The second kappa shape index (κ2) is 10.2. The molecule has 6 nitrogen and oxygen atoms in total. The molecule has 8 heteroatoms. The molecule has 0 radical (unpaired) electrons. The zero-order chi connectivity index (χ0) is 23.3. The van der Waals surface area contributed by atoms with Crippen LogP contribution in [0.15, 0.2) is 48.5 Å². The van der Waals surface area contributed by atoms with Gasteiger partial charge in [0, 0.05) is 18.5 Å². The van der Waals surface area contributed by atoms with Gasteiger partial charge in [0.25, 0.3) is 12.3 Å². The van der Waals surface area contributed by atoms with Crippen LogP contribution in [-0.4, -0.2) is 47.9 Å². The van der Waals surface area contributed by atoms with Crippen molar-refractivity contribution in [3.8, 4) is 0 Å². The molecule has 0 saturated heterocycles. The lowest BCUT2D eigenvalue weighted by atomic mass is 9.68. The molecule has 172 valence electrons. The number of hydrogen-bond acceptors (Lipinski definition) is 4. The molecule has 1 aliphatic carbocycles. The van der Waals surface area contributed by atoms with Crippen LogP contribution < -0.4 is 10.6 Å². The second-order valence-electron chi connectivity index (χ2n) is 8.67. The number of hydrogen-bond donors (Lipinski definition) is 2. The van der Waals surface area contributed by atoms with E-state index in [9.17, 15) is 18.4 Å². The third kappa shape index (κ3) is 5.68. The van der Waals surface area contributed by atoms with Crippen LogP contribution in [0.4, 0.5) is 8.78 Å². The van der Waals surface area contributed by atoms with Gasteiger partial charge in [-0.05, 0) is 58.0 Å². The number of carbonyl (C=O) groups is 2. The van der Waals surface area contributed by atoms with Crippen LogP contribution in [0.5, 0.6) is 0 Å². The zero-order valence-corrected chi connectivity index (χ0v) is 18.6. The lowest BCUT2D eigenvalue weighted by Gasteiger charge is -2.48. The fraction of sp³-hybridized carbons (Fsp3) is 0.458. The molecule has 1 saturated carbocycles. The van der Waals surface area contributed by atoms with E-state index in [1.54, 1.807) is 0 Å². The summed E-state index contributed by atoms with van der Waals surface area (Å²) in [5.74, 6) is -0.524. The smallest absolute Gasteiger partial charge is 0.280 e. The summed E-state index contributed by atoms with van der Waals surface area (Å²) in [7, 11) is 3.97. The Kier molecular flexibility index (Phi) is 7.56. The number of aromatic nitrogens is 1. The third-order valence-electron chi connectivity index (χ3n) is 6.13. The van der Waals surface area contributed by atoms with Gasteiger partial charge in [0.1, 0.15) is 11.4 Å². The van der Waals surface area contributed by atoms with Crippen LogP contribution in [0, 0.1) is 0 Å². The minimum Gasteiger partial charge on any atom is -0.348 e. The highest BCUT2D eigenvalue weighted by Crippen LogP contribution is 2.41. The van der Waals surface area contributed by atoms with Gasteiger partial charge in [-0.25, -0.2) is 13.8 Å². The molecule has 0 bridgehead atoms. The molecule has 1 heterocycles. The summed E-state index contributed by atoms with van der Waals surface area (Å²) in [4.78, 5) is 31.1. The second-order valence-corrected chi connectivity index (χ2v) is 8.67. The van der Waals surface area contributed by atoms with Gasteiger partial charge >= 0.3 is 0 Å². The molecular formula is C24H30F2N4O2. The van der Waals surface area contributed by atoms with E-state index in [2.05, 4.69) is 27.4 Å². The van der Waals surface area contributed by atoms with Gasteiger partial charge in [0.05, 0.1) is 5.54 Å². The lowest BCUT2D eigenvalue weighted by molar-refractivity contribution is -0.125. The molecule has 1 aliphatic rings. The number of rotatable bonds is 9. The number of halogens is 2. The van der Waals surface area contributed by atoms with Crippen molar-refractivity contribution >= 4 is 11.8 Å². The summed E-state index contributed by atoms with van der Waals surface area (Å²) < 4.78 is 25.8. The third-order valence-corrected chi connectivity index (χ3v) is 6.13. The molecule has 1 atom stereocenters. The normalized spacial score (nSPS) is 21.2.